The molecule has 122 valence electrons. The molecule has 1 fully saturated rings. The first-order chi connectivity index (χ1) is 11.5. The molecule has 5 nitrogen and oxygen atoms in total. The zero-order chi connectivity index (χ0) is 17.3. The number of hydrogen-bond donors (Lipinski definition) is 1. The number of nitrogens with one attached hydrogen (secondary N) is 1. The van der Waals surface area contributed by atoms with Crippen molar-refractivity contribution >= 4 is 52.5 Å². The van der Waals surface area contributed by atoms with Gasteiger partial charge in [-0.3, -0.25) is 19.8 Å². The molecular formula is C17H14ClN3O2S. The van der Waals surface area contributed by atoms with Gasteiger partial charge in [-0.25, -0.2) is 0 Å². The first-order valence-corrected chi connectivity index (χ1v) is 8.12. The van der Waals surface area contributed by atoms with Crippen molar-refractivity contribution in [2.24, 2.45) is 0 Å². The number of nitrogens with zero attached hydrogens (tertiary/aromatic N) is 2. The number of para-hydroxylation sites is 1. The van der Waals surface area contributed by atoms with Crippen LogP contribution in [-0.4, -0.2) is 21.5 Å². The van der Waals surface area contributed by atoms with Crippen LogP contribution in [0, 0.1) is 0 Å². The number of aryl methyl sites for hydroxylation is 1. The van der Waals surface area contributed by atoms with E-state index in [4.69, 9.17) is 23.8 Å². The number of carbonyl (C=O) groups is 2. The van der Waals surface area contributed by atoms with Crippen LogP contribution in [0.2, 0.25) is 5.02 Å². The molecule has 7 heteroatoms. The van der Waals surface area contributed by atoms with Crippen LogP contribution in [0.4, 0.5) is 5.69 Å². The van der Waals surface area contributed by atoms with Crippen LogP contribution in [0.15, 0.2) is 48.2 Å². The fourth-order valence-corrected chi connectivity index (χ4v) is 3.00. The largest absolute Gasteiger partial charge is 0.348 e. The molecule has 0 atom stereocenters. The van der Waals surface area contributed by atoms with Gasteiger partial charge in [-0.15, -0.1) is 0 Å². The Balaban J connectivity index is 2.06. The predicted molar refractivity (Wildman–Crippen MR) is 97.8 cm³/mol. The zero-order valence-corrected chi connectivity index (χ0v) is 14.4. The maximum Gasteiger partial charge on any atom is 0.270 e. The summed E-state index contributed by atoms with van der Waals surface area (Å²) in [4.78, 5) is 26.4. The Labute approximate surface area is 149 Å². The minimum absolute atomic E-state index is 0.0110. The minimum atomic E-state index is -0.517. The maximum absolute atomic E-state index is 12.9. The van der Waals surface area contributed by atoms with Gasteiger partial charge in [0.05, 0.1) is 10.7 Å². The summed E-state index contributed by atoms with van der Waals surface area (Å²) in [6.45, 7) is 2.71. The highest BCUT2D eigenvalue weighted by atomic mass is 35.5. The second kappa shape index (κ2) is 6.59. The molecule has 0 bridgehead atoms. The Morgan fingerprint density at radius 2 is 1.96 bits per heavy atom. The van der Waals surface area contributed by atoms with E-state index in [1.807, 2.05) is 29.8 Å². The van der Waals surface area contributed by atoms with E-state index in [0.29, 0.717) is 10.7 Å². The highest BCUT2D eigenvalue weighted by Crippen LogP contribution is 2.28. The third kappa shape index (κ3) is 2.86. The lowest BCUT2D eigenvalue weighted by atomic mass is 10.1. The molecule has 1 aromatic heterocycles. The molecule has 2 amide bonds. The summed E-state index contributed by atoms with van der Waals surface area (Å²) >= 11 is 11.3. The number of aromatic nitrogens is 1. The molecule has 1 aromatic carbocycles. The van der Waals surface area contributed by atoms with Crippen LogP contribution >= 0.6 is 23.8 Å². The maximum atomic E-state index is 12.9. The van der Waals surface area contributed by atoms with Gasteiger partial charge in [0.15, 0.2) is 5.11 Å². The van der Waals surface area contributed by atoms with Crippen molar-refractivity contribution in [3.05, 3.63) is 58.9 Å². The van der Waals surface area contributed by atoms with Crippen LogP contribution in [0.1, 0.15) is 12.6 Å². The summed E-state index contributed by atoms with van der Waals surface area (Å²) in [5, 5.41) is 2.94. The number of thiocarbonyl (C=S) groups is 1. The Bertz CT molecular complexity index is 872. The molecule has 0 saturated carbocycles. The SMILES string of the molecule is CCn1cccc1/C=C1\C(=O)NC(=S)N(c2ccccc2Cl)C1=O. The van der Waals surface area contributed by atoms with E-state index in [1.165, 1.54) is 4.90 Å². The first-order valence-electron chi connectivity index (χ1n) is 7.34. The van der Waals surface area contributed by atoms with Crippen LogP contribution < -0.4 is 10.2 Å². The predicted octanol–water partition coefficient (Wildman–Crippen LogP) is 2.99. The van der Waals surface area contributed by atoms with E-state index in [1.54, 1.807) is 30.3 Å². The van der Waals surface area contributed by atoms with Gasteiger partial charge in [0.25, 0.3) is 11.8 Å². The summed E-state index contributed by atoms with van der Waals surface area (Å²) in [6.07, 6.45) is 3.45. The molecule has 3 rings (SSSR count). The van der Waals surface area contributed by atoms with Gasteiger partial charge in [0.2, 0.25) is 0 Å². The Kier molecular flexibility index (Phi) is 4.51. The van der Waals surface area contributed by atoms with E-state index < -0.39 is 11.8 Å². The van der Waals surface area contributed by atoms with Gasteiger partial charge in [0, 0.05) is 18.4 Å². The number of halogens is 1. The van der Waals surface area contributed by atoms with Crippen molar-refractivity contribution in [3.63, 3.8) is 0 Å². The topological polar surface area (TPSA) is 54.3 Å². The highest BCUT2D eigenvalue weighted by molar-refractivity contribution is 7.80. The second-order valence-electron chi connectivity index (χ2n) is 5.13. The molecule has 0 unspecified atom stereocenters. The Hall–Kier alpha value is -2.44. The zero-order valence-electron chi connectivity index (χ0n) is 12.8. The molecule has 1 saturated heterocycles. The normalized spacial score (nSPS) is 16.7. The molecule has 0 aliphatic carbocycles. The summed E-state index contributed by atoms with van der Waals surface area (Å²) in [5.74, 6) is -1.02. The molecule has 24 heavy (non-hydrogen) atoms. The average Bonchev–Trinajstić information content (AvgIpc) is 3.00. The summed E-state index contributed by atoms with van der Waals surface area (Å²) in [5.41, 5.74) is 1.21. The van der Waals surface area contributed by atoms with Crippen molar-refractivity contribution in [1.29, 1.82) is 0 Å². The van der Waals surface area contributed by atoms with Crippen LogP contribution in [0.3, 0.4) is 0 Å². The van der Waals surface area contributed by atoms with E-state index in [9.17, 15) is 9.59 Å². The van der Waals surface area contributed by atoms with Gasteiger partial charge in [-0.2, -0.15) is 0 Å². The standard InChI is InChI=1S/C17H14ClN3O2S/c1-2-20-9-5-6-11(20)10-12-15(22)19-17(24)21(16(12)23)14-8-4-3-7-13(14)18/h3-10H,2H2,1H3,(H,19,22,24)/b12-10+. The van der Waals surface area contributed by atoms with Crippen molar-refractivity contribution in [2.45, 2.75) is 13.5 Å². The third-order valence-corrected chi connectivity index (χ3v) is 4.30. The van der Waals surface area contributed by atoms with E-state index in [0.717, 1.165) is 12.2 Å². The molecule has 1 aliphatic rings. The summed E-state index contributed by atoms with van der Waals surface area (Å²) in [7, 11) is 0. The highest BCUT2D eigenvalue weighted by Gasteiger charge is 2.35. The van der Waals surface area contributed by atoms with E-state index in [-0.39, 0.29) is 10.7 Å². The van der Waals surface area contributed by atoms with Gasteiger partial charge >= 0.3 is 0 Å². The fraction of sp³-hybridized carbons (Fsp3) is 0.118. The van der Waals surface area contributed by atoms with Crippen molar-refractivity contribution < 1.29 is 9.59 Å². The quantitative estimate of drug-likeness (QED) is 0.520. The number of hydrogen-bond acceptors (Lipinski definition) is 3. The van der Waals surface area contributed by atoms with Crippen LogP contribution in [0.5, 0.6) is 0 Å². The third-order valence-electron chi connectivity index (χ3n) is 3.69. The van der Waals surface area contributed by atoms with Gasteiger partial charge < -0.3 is 4.57 Å². The van der Waals surface area contributed by atoms with Crippen LogP contribution in [-0.2, 0) is 16.1 Å². The van der Waals surface area contributed by atoms with E-state index >= 15 is 0 Å². The lowest BCUT2D eigenvalue weighted by Gasteiger charge is -2.29. The van der Waals surface area contributed by atoms with Crippen molar-refractivity contribution in [2.75, 3.05) is 4.90 Å². The fourth-order valence-electron chi connectivity index (χ4n) is 2.50. The molecule has 2 aromatic rings. The average molecular weight is 360 g/mol. The number of anilines is 1. The van der Waals surface area contributed by atoms with Gasteiger partial charge in [-0.05, 0) is 49.5 Å². The lowest BCUT2D eigenvalue weighted by Crippen LogP contribution is -2.54. The van der Waals surface area contributed by atoms with Crippen molar-refractivity contribution in [1.82, 2.24) is 9.88 Å². The van der Waals surface area contributed by atoms with Crippen LogP contribution in [0.25, 0.3) is 6.08 Å². The number of carbonyl (C=O) groups excluding carboxylic acids is 2. The monoisotopic (exact) mass is 359 g/mol. The first kappa shape index (κ1) is 16.4. The Morgan fingerprint density at radius 1 is 1.21 bits per heavy atom. The van der Waals surface area contributed by atoms with Crippen molar-refractivity contribution in [3.8, 4) is 0 Å². The number of rotatable bonds is 3. The lowest BCUT2D eigenvalue weighted by molar-refractivity contribution is -0.122. The number of benzene rings is 1. The van der Waals surface area contributed by atoms with Gasteiger partial charge in [0.1, 0.15) is 5.57 Å². The minimum Gasteiger partial charge on any atom is -0.348 e. The molecule has 1 aliphatic heterocycles. The molecule has 0 radical (unpaired) electrons. The molecular weight excluding hydrogens is 346 g/mol. The molecule has 0 spiro atoms. The Morgan fingerprint density at radius 3 is 2.67 bits per heavy atom. The smallest absolute Gasteiger partial charge is 0.270 e. The molecule has 1 N–H and O–H groups in total. The van der Waals surface area contributed by atoms with E-state index in [2.05, 4.69) is 5.32 Å². The molecule has 2 heterocycles. The summed E-state index contributed by atoms with van der Waals surface area (Å²) < 4.78 is 1.93. The second-order valence-corrected chi connectivity index (χ2v) is 5.92. The van der Waals surface area contributed by atoms with Gasteiger partial charge in [-0.1, -0.05) is 23.7 Å². The number of amides is 2. The summed E-state index contributed by atoms with van der Waals surface area (Å²) in [6, 6.07) is 10.5.